The van der Waals surface area contributed by atoms with Gasteiger partial charge in [-0.05, 0) is 57.3 Å². The third kappa shape index (κ3) is 78.0. The number of ether oxygens (including phenoxy) is 4. The highest BCUT2D eigenvalue weighted by Crippen LogP contribution is 2.45. The van der Waals surface area contributed by atoms with Gasteiger partial charge >= 0.3 is 39.5 Å². The second-order valence-corrected chi connectivity index (χ2v) is 33.4. The van der Waals surface area contributed by atoms with Gasteiger partial charge in [0.05, 0.1) is 26.4 Å². The molecule has 620 valence electrons. The van der Waals surface area contributed by atoms with Crippen molar-refractivity contribution in [3.63, 3.8) is 0 Å². The normalized spacial score (nSPS) is 14.2. The van der Waals surface area contributed by atoms with Crippen molar-refractivity contribution in [3.8, 4) is 0 Å². The van der Waals surface area contributed by atoms with Crippen molar-refractivity contribution >= 4 is 39.5 Å². The van der Waals surface area contributed by atoms with Gasteiger partial charge in [-0.15, -0.1) is 0 Å². The fraction of sp³-hybridized carbons (Fsp3) is 0.907. The molecule has 0 saturated heterocycles. The van der Waals surface area contributed by atoms with E-state index in [0.29, 0.717) is 25.7 Å². The number of aliphatic hydroxyl groups excluding tert-OH is 1. The highest BCUT2D eigenvalue weighted by Gasteiger charge is 2.30. The Balaban J connectivity index is 5.25. The first-order valence-corrected chi connectivity index (χ1v) is 47.0. The fourth-order valence-electron chi connectivity index (χ4n) is 12.9. The van der Waals surface area contributed by atoms with Crippen LogP contribution in [0.3, 0.4) is 0 Å². The van der Waals surface area contributed by atoms with Crippen LogP contribution in [0.1, 0.15) is 439 Å². The largest absolute Gasteiger partial charge is 0.472 e. The lowest BCUT2D eigenvalue weighted by Gasteiger charge is -2.21. The van der Waals surface area contributed by atoms with Crippen molar-refractivity contribution in [2.75, 3.05) is 39.6 Å². The molecular weight excluding hydrogens is 1370 g/mol. The van der Waals surface area contributed by atoms with Gasteiger partial charge in [-0.2, -0.15) is 0 Å². The summed E-state index contributed by atoms with van der Waals surface area (Å²) in [6, 6.07) is 0. The number of phosphoric acid groups is 2. The third-order valence-corrected chi connectivity index (χ3v) is 21.9. The zero-order chi connectivity index (χ0) is 76.9. The summed E-state index contributed by atoms with van der Waals surface area (Å²) in [7, 11) is -9.94. The van der Waals surface area contributed by atoms with Gasteiger partial charge in [-0.25, -0.2) is 9.13 Å². The number of rotatable bonds is 84. The Bertz CT molecular complexity index is 2090. The summed E-state index contributed by atoms with van der Waals surface area (Å²) in [4.78, 5) is 73.2. The van der Waals surface area contributed by atoms with Gasteiger partial charge in [0.25, 0.3) is 0 Å². The molecule has 0 spiro atoms. The van der Waals surface area contributed by atoms with E-state index >= 15 is 0 Å². The zero-order valence-corrected chi connectivity index (χ0v) is 70.1. The van der Waals surface area contributed by atoms with Crippen LogP contribution >= 0.6 is 15.6 Å². The maximum absolute atomic E-state index is 13.1. The summed E-state index contributed by atoms with van der Waals surface area (Å²) >= 11 is 0. The van der Waals surface area contributed by atoms with E-state index in [1.54, 1.807) is 0 Å². The van der Waals surface area contributed by atoms with E-state index in [1.165, 1.54) is 244 Å². The Kier molecular flexibility index (Phi) is 76.4. The van der Waals surface area contributed by atoms with Crippen molar-refractivity contribution in [2.24, 2.45) is 5.92 Å². The molecule has 0 radical (unpaired) electrons. The molecule has 6 atom stereocenters. The number of hydrogen-bond acceptors (Lipinski definition) is 15. The SMILES string of the molecule is CCCCCC/C=C\C=C/CCCCCCCC(=O)O[C@H](COC(=O)CCCCCCCCC(C)CC)COP(=O)(O)OC[C@H](O)COP(=O)(O)OC[C@@H](COC(=O)CCCCCCCCCCCCCCCCCCCCC)OC(=O)CCCCCCCCCCCCCCCCCCCCCCC. The van der Waals surface area contributed by atoms with Crippen LogP contribution in [0.25, 0.3) is 0 Å². The van der Waals surface area contributed by atoms with Gasteiger partial charge < -0.3 is 33.8 Å². The van der Waals surface area contributed by atoms with Crippen molar-refractivity contribution < 1.29 is 80.2 Å². The summed E-state index contributed by atoms with van der Waals surface area (Å²) in [6.45, 7) is 7.25. The Morgan fingerprint density at radius 1 is 0.305 bits per heavy atom. The lowest BCUT2D eigenvalue weighted by Crippen LogP contribution is -2.30. The Morgan fingerprint density at radius 2 is 0.533 bits per heavy atom. The summed E-state index contributed by atoms with van der Waals surface area (Å²) in [5.74, 6) is -1.41. The van der Waals surface area contributed by atoms with E-state index in [2.05, 4.69) is 58.9 Å². The number of phosphoric ester groups is 2. The number of allylic oxidation sites excluding steroid dienone is 4. The first kappa shape index (κ1) is 103. The lowest BCUT2D eigenvalue weighted by atomic mass is 10.00. The maximum atomic E-state index is 13.1. The lowest BCUT2D eigenvalue weighted by molar-refractivity contribution is -0.161. The van der Waals surface area contributed by atoms with Crippen LogP contribution in [0.4, 0.5) is 0 Å². The van der Waals surface area contributed by atoms with Crippen LogP contribution in [0.2, 0.25) is 0 Å². The standard InChI is InChI=1S/C86H164O17P2/c1-6-10-13-16-19-22-25-28-31-33-35-36-38-40-43-46-49-52-55-62-67-71-85(90)102-81(75-96-83(88)69-64-59-53-50-47-44-42-39-37-34-32-29-26-23-20-17-14-11-7-2)77-100-104(92,93)98-73-80(87)74-99-105(94,95)101-78-82(76-97-84(89)70-65-60-57-56-58-63-68-79(5)9-4)103-86(91)72-66-61-54-51-48-45-41-30-27-24-21-18-15-12-8-3/h24,27,30,41,79-82,87H,6-23,25-26,28-29,31-40,42-78H2,1-5H3,(H,92,93)(H,94,95)/b27-24-,41-30-/t79?,80-,81-,82-/m1/s1. The van der Waals surface area contributed by atoms with Crippen molar-refractivity contribution in [1.82, 2.24) is 0 Å². The molecular formula is C86H164O17P2. The van der Waals surface area contributed by atoms with E-state index in [-0.39, 0.29) is 25.7 Å². The molecule has 0 aliphatic carbocycles. The number of unbranched alkanes of at least 4 members (excludes halogenated alkanes) is 52. The second-order valence-electron chi connectivity index (χ2n) is 30.5. The minimum atomic E-state index is -4.97. The first-order valence-electron chi connectivity index (χ1n) is 44.0. The van der Waals surface area contributed by atoms with E-state index in [9.17, 15) is 43.2 Å². The summed E-state index contributed by atoms with van der Waals surface area (Å²) in [5.41, 5.74) is 0. The number of aliphatic hydroxyl groups is 1. The molecule has 0 amide bonds. The predicted octanol–water partition coefficient (Wildman–Crippen LogP) is 25.9. The van der Waals surface area contributed by atoms with Crippen molar-refractivity contribution in [3.05, 3.63) is 24.3 Å². The molecule has 0 aromatic heterocycles. The number of carbonyl (C=O) groups excluding carboxylic acids is 4. The molecule has 0 aliphatic rings. The average Bonchev–Trinajstić information content (AvgIpc) is 0.907. The molecule has 0 aliphatic heterocycles. The van der Waals surface area contributed by atoms with E-state index in [0.717, 1.165) is 115 Å². The number of carbonyl (C=O) groups is 4. The molecule has 0 aromatic rings. The number of esters is 4. The van der Waals surface area contributed by atoms with Crippen molar-refractivity contribution in [1.29, 1.82) is 0 Å². The van der Waals surface area contributed by atoms with Gasteiger partial charge in [0.15, 0.2) is 12.2 Å². The molecule has 0 saturated carbocycles. The Hall–Kier alpha value is -2.46. The summed E-state index contributed by atoms with van der Waals surface area (Å²) in [5, 5.41) is 10.7. The molecule has 17 nitrogen and oxygen atoms in total. The highest BCUT2D eigenvalue weighted by atomic mass is 31.2. The average molecular weight is 1530 g/mol. The second kappa shape index (κ2) is 78.2. The molecule has 0 fully saturated rings. The minimum absolute atomic E-state index is 0.0846. The quantitative estimate of drug-likeness (QED) is 0.0169. The molecule has 0 rings (SSSR count). The highest BCUT2D eigenvalue weighted by molar-refractivity contribution is 7.47. The van der Waals surface area contributed by atoms with Crippen LogP contribution in [0.15, 0.2) is 24.3 Å². The molecule has 0 aromatic carbocycles. The first-order chi connectivity index (χ1) is 51.1. The summed E-state index contributed by atoms with van der Waals surface area (Å²) in [6.07, 6.45) is 74.6. The Labute approximate surface area is 643 Å². The van der Waals surface area contributed by atoms with E-state index < -0.39 is 97.5 Å². The van der Waals surface area contributed by atoms with Gasteiger partial charge in [0, 0.05) is 25.7 Å². The van der Waals surface area contributed by atoms with Crippen LogP contribution in [0, 0.1) is 5.92 Å². The van der Waals surface area contributed by atoms with Crippen LogP contribution in [-0.2, 0) is 65.4 Å². The molecule has 19 heteroatoms. The van der Waals surface area contributed by atoms with Gasteiger partial charge in [-0.1, -0.05) is 386 Å². The van der Waals surface area contributed by atoms with E-state index in [4.69, 9.17) is 37.0 Å². The monoisotopic (exact) mass is 1530 g/mol. The van der Waals surface area contributed by atoms with Crippen molar-refractivity contribution in [2.45, 2.75) is 457 Å². The third-order valence-electron chi connectivity index (χ3n) is 20.0. The van der Waals surface area contributed by atoms with Gasteiger partial charge in [0.2, 0.25) is 0 Å². The fourth-order valence-corrected chi connectivity index (χ4v) is 14.5. The minimum Gasteiger partial charge on any atom is -0.462 e. The van der Waals surface area contributed by atoms with Crippen LogP contribution in [0.5, 0.6) is 0 Å². The van der Waals surface area contributed by atoms with Gasteiger partial charge in [0.1, 0.15) is 19.3 Å². The topological polar surface area (TPSA) is 237 Å². The molecule has 3 N–H and O–H groups in total. The van der Waals surface area contributed by atoms with E-state index in [1.807, 2.05) is 0 Å². The van der Waals surface area contributed by atoms with Crippen LogP contribution in [-0.4, -0.2) is 96.7 Å². The smallest absolute Gasteiger partial charge is 0.462 e. The molecule has 0 heterocycles. The summed E-state index contributed by atoms with van der Waals surface area (Å²) < 4.78 is 68.8. The molecule has 3 unspecified atom stereocenters. The Morgan fingerprint density at radius 3 is 0.810 bits per heavy atom. The number of hydrogen-bond donors (Lipinski definition) is 3. The van der Waals surface area contributed by atoms with Crippen LogP contribution < -0.4 is 0 Å². The molecule has 0 bridgehead atoms. The molecule has 105 heavy (non-hydrogen) atoms. The van der Waals surface area contributed by atoms with Gasteiger partial charge in [-0.3, -0.25) is 37.3 Å². The maximum Gasteiger partial charge on any atom is 0.472 e. The zero-order valence-electron chi connectivity index (χ0n) is 68.4. The predicted molar refractivity (Wildman–Crippen MR) is 432 cm³/mol.